The number of alkyl halides is 6. The highest BCUT2D eigenvalue weighted by Gasteiger charge is 2.50. The molecule has 0 aromatic heterocycles. The SMILES string of the molecule is N=C(OS(=O)(=O)C(F)(F)F)c1ccccc1C(=N)OS(=O)(=O)C(F)(F)F. The van der Waals surface area contributed by atoms with Crippen LogP contribution in [0.25, 0.3) is 0 Å². The van der Waals surface area contributed by atoms with Crippen LogP contribution < -0.4 is 0 Å². The van der Waals surface area contributed by atoms with Gasteiger partial charge in [0.1, 0.15) is 0 Å². The summed E-state index contributed by atoms with van der Waals surface area (Å²) in [6, 6.07) is 3.40. The highest BCUT2D eigenvalue weighted by molar-refractivity contribution is 7.88. The van der Waals surface area contributed by atoms with Crippen molar-refractivity contribution in [1.82, 2.24) is 0 Å². The van der Waals surface area contributed by atoms with Crippen molar-refractivity contribution in [1.29, 1.82) is 10.8 Å². The minimum Gasteiger partial charge on any atom is -0.355 e. The molecule has 1 aromatic carbocycles. The van der Waals surface area contributed by atoms with Gasteiger partial charge >= 0.3 is 31.3 Å². The maximum Gasteiger partial charge on any atom is 0.534 e. The molecule has 0 aliphatic heterocycles. The van der Waals surface area contributed by atoms with Crippen molar-refractivity contribution >= 4 is 32.0 Å². The molecule has 0 bridgehead atoms. The summed E-state index contributed by atoms with van der Waals surface area (Å²) >= 11 is 0. The molecule has 2 N–H and O–H groups in total. The third-order valence-electron chi connectivity index (χ3n) is 2.37. The molecule has 0 amide bonds. The average Bonchev–Trinajstić information content (AvgIpc) is 2.43. The summed E-state index contributed by atoms with van der Waals surface area (Å²) < 4.78 is 124. The fourth-order valence-electron chi connectivity index (χ4n) is 1.28. The monoisotopic (exact) mass is 428 g/mol. The van der Waals surface area contributed by atoms with Crippen molar-refractivity contribution in [2.24, 2.45) is 0 Å². The van der Waals surface area contributed by atoms with Crippen molar-refractivity contribution < 1.29 is 51.5 Å². The molecular formula is C10H6F6N2O6S2. The second kappa shape index (κ2) is 6.75. The Hall–Kier alpha value is -2.36. The second-order valence-electron chi connectivity index (χ2n) is 4.17. The van der Waals surface area contributed by atoms with Gasteiger partial charge in [-0.05, 0) is 12.1 Å². The summed E-state index contributed by atoms with van der Waals surface area (Å²) in [6.45, 7) is 0. The summed E-state index contributed by atoms with van der Waals surface area (Å²) in [5, 5.41) is 14.5. The first kappa shape index (κ1) is 21.7. The summed E-state index contributed by atoms with van der Waals surface area (Å²) in [7, 11) is -12.6. The van der Waals surface area contributed by atoms with Gasteiger partial charge in [-0.1, -0.05) is 12.1 Å². The summed E-state index contributed by atoms with van der Waals surface area (Å²) in [6.07, 6.45) is 0. The molecule has 0 aliphatic carbocycles. The summed E-state index contributed by atoms with van der Waals surface area (Å²) in [5.41, 5.74) is -13.7. The lowest BCUT2D eigenvalue weighted by Crippen LogP contribution is -2.30. The maximum atomic E-state index is 12.2. The van der Waals surface area contributed by atoms with E-state index < -0.39 is 54.2 Å². The Morgan fingerprint density at radius 2 is 1.00 bits per heavy atom. The van der Waals surface area contributed by atoms with Crippen LogP contribution in [0.4, 0.5) is 26.3 Å². The fraction of sp³-hybridized carbons (Fsp3) is 0.200. The third kappa shape index (κ3) is 4.63. The Labute approximate surface area is 141 Å². The fourth-order valence-corrected chi connectivity index (χ4v) is 2.09. The quantitative estimate of drug-likeness (QED) is 0.248. The molecule has 1 rings (SSSR count). The Morgan fingerprint density at radius 3 is 1.23 bits per heavy atom. The van der Waals surface area contributed by atoms with Gasteiger partial charge < -0.3 is 8.37 Å². The molecule has 8 nitrogen and oxygen atoms in total. The molecule has 16 heteroatoms. The minimum atomic E-state index is -6.28. The zero-order valence-corrected chi connectivity index (χ0v) is 13.5. The zero-order valence-electron chi connectivity index (χ0n) is 11.8. The Morgan fingerprint density at radius 1 is 0.731 bits per heavy atom. The van der Waals surface area contributed by atoms with Crippen LogP contribution >= 0.6 is 0 Å². The highest BCUT2D eigenvalue weighted by Crippen LogP contribution is 2.28. The van der Waals surface area contributed by atoms with Crippen LogP contribution in [0, 0.1) is 10.8 Å². The van der Waals surface area contributed by atoms with E-state index in [0.29, 0.717) is 12.1 Å². The lowest BCUT2D eigenvalue weighted by atomic mass is 10.1. The maximum absolute atomic E-state index is 12.2. The van der Waals surface area contributed by atoms with Crippen molar-refractivity contribution in [2.45, 2.75) is 11.0 Å². The van der Waals surface area contributed by atoms with Crippen LogP contribution in [0.15, 0.2) is 24.3 Å². The van der Waals surface area contributed by atoms with Crippen molar-refractivity contribution in [2.75, 3.05) is 0 Å². The van der Waals surface area contributed by atoms with E-state index in [-0.39, 0.29) is 0 Å². The topological polar surface area (TPSA) is 134 Å². The number of halogens is 6. The number of benzene rings is 1. The van der Waals surface area contributed by atoms with E-state index in [1.54, 1.807) is 0 Å². The first-order valence-electron chi connectivity index (χ1n) is 5.78. The van der Waals surface area contributed by atoms with Crippen molar-refractivity contribution in [3.8, 4) is 0 Å². The number of rotatable bonds is 4. The zero-order chi connectivity index (χ0) is 20.6. The lowest BCUT2D eigenvalue weighted by Gasteiger charge is -2.14. The van der Waals surface area contributed by atoms with Gasteiger partial charge in [0.05, 0.1) is 11.1 Å². The van der Waals surface area contributed by atoms with Gasteiger partial charge in [-0.15, -0.1) is 0 Å². The highest BCUT2D eigenvalue weighted by atomic mass is 32.2. The van der Waals surface area contributed by atoms with Crippen LogP contribution in [0.3, 0.4) is 0 Å². The molecule has 146 valence electrons. The predicted octanol–water partition coefficient (Wildman–Crippen LogP) is 2.07. The Kier molecular flexibility index (Phi) is 5.63. The van der Waals surface area contributed by atoms with E-state index >= 15 is 0 Å². The first-order chi connectivity index (χ1) is 11.5. The van der Waals surface area contributed by atoms with Crippen molar-refractivity contribution in [3.63, 3.8) is 0 Å². The van der Waals surface area contributed by atoms with Crippen LogP contribution in [0.2, 0.25) is 0 Å². The normalized spacial score (nSPS) is 13.2. The van der Waals surface area contributed by atoms with Crippen LogP contribution in [0.5, 0.6) is 0 Å². The molecule has 1 aromatic rings. The van der Waals surface area contributed by atoms with Crippen LogP contribution in [-0.2, 0) is 28.6 Å². The molecule has 0 saturated carbocycles. The third-order valence-corrected chi connectivity index (χ3v) is 4.28. The van der Waals surface area contributed by atoms with Gasteiger partial charge in [-0.2, -0.15) is 43.2 Å². The van der Waals surface area contributed by atoms with Crippen LogP contribution in [0.1, 0.15) is 11.1 Å². The van der Waals surface area contributed by atoms with E-state index in [1.165, 1.54) is 0 Å². The van der Waals surface area contributed by atoms with Gasteiger partial charge in [-0.25, -0.2) is 0 Å². The molecule has 0 fully saturated rings. The summed E-state index contributed by atoms with van der Waals surface area (Å²) in [4.78, 5) is 0. The molecule has 0 saturated heterocycles. The number of hydrogen-bond donors (Lipinski definition) is 2. The van der Waals surface area contributed by atoms with E-state index in [2.05, 4.69) is 8.37 Å². The lowest BCUT2D eigenvalue weighted by molar-refractivity contribution is -0.0509. The van der Waals surface area contributed by atoms with Crippen LogP contribution in [-0.4, -0.2) is 39.6 Å². The Balaban J connectivity index is 3.24. The molecule has 0 atom stereocenters. The van der Waals surface area contributed by atoms with Gasteiger partial charge in [0, 0.05) is 0 Å². The first-order valence-corrected chi connectivity index (χ1v) is 8.59. The molecule has 0 radical (unpaired) electrons. The minimum absolute atomic E-state index is 0.696. The van der Waals surface area contributed by atoms with Gasteiger partial charge in [0.15, 0.2) is 0 Å². The molecule has 0 heterocycles. The Bertz CT molecular complexity index is 858. The number of hydrogen-bond acceptors (Lipinski definition) is 8. The molecule has 0 unspecified atom stereocenters. The summed E-state index contributed by atoms with van der Waals surface area (Å²) in [5.74, 6) is -3.45. The number of nitrogens with one attached hydrogen (secondary N) is 2. The van der Waals surface area contributed by atoms with Gasteiger partial charge in [0.25, 0.3) is 0 Å². The van der Waals surface area contributed by atoms with E-state index in [9.17, 15) is 43.2 Å². The van der Waals surface area contributed by atoms with E-state index in [4.69, 9.17) is 10.8 Å². The molecule has 0 spiro atoms. The van der Waals surface area contributed by atoms with E-state index in [0.717, 1.165) is 12.1 Å². The molecular weight excluding hydrogens is 422 g/mol. The van der Waals surface area contributed by atoms with Crippen molar-refractivity contribution in [3.05, 3.63) is 35.4 Å². The van der Waals surface area contributed by atoms with Gasteiger partial charge in [0.2, 0.25) is 11.8 Å². The smallest absolute Gasteiger partial charge is 0.355 e. The average molecular weight is 428 g/mol. The van der Waals surface area contributed by atoms with E-state index in [1.807, 2.05) is 0 Å². The molecule has 0 aliphatic rings. The predicted molar refractivity (Wildman–Crippen MR) is 72.2 cm³/mol. The second-order valence-corrected chi connectivity index (χ2v) is 7.25. The largest absolute Gasteiger partial charge is 0.534 e. The standard InChI is InChI=1S/C10H6F6N2O6S2/c11-9(12,13)25(19,20)23-7(17)5-3-1-2-4-6(5)8(18)24-26(21,22)10(14,15)16/h1-4,17-18H. The van der Waals surface area contributed by atoms with Gasteiger partial charge in [-0.3, -0.25) is 10.8 Å². The molecule has 26 heavy (non-hydrogen) atoms.